The second kappa shape index (κ2) is 8.37. The van der Waals surface area contributed by atoms with E-state index in [-0.39, 0.29) is 6.10 Å². The SMILES string of the molecule is CO[C@@H]1C[C@@H](CN2CCC(c3ccccc3)CC2)CCc2ccccc21. The van der Waals surface area contributed by atoms with Crippen molar-refractivity contribution in [3.63, 3.8) is 0 Å². The molecule has 4 rings (SSSR count). The van der Waals surface area contributed by atoms with Gasteiger partial charge in [-0.05, 0) is 73.7 Å². The summed E-state index contributed by atoms with van der Waals surface area (Å²) in [5.41, 5.74) is 4.43. The molecule has 2 heteroatoms. The third-order valence-electron chi connectivity index (χ3n) is 6.43. The molecule has 2 atom stereocenters. The third kappa shape index (κ3) is 4.02. The van der Waals surface area contributed by atoms with E-state index in [4.69, 9.17) is 4.74 Å². The second-order valence-corrected chi connectivity index (χ2v) is 8.05. The first-order valence-corrected chi connectivity index (χ1v) is 10.2. The van der Waals surface area contributed by atoms with Crippen molar-refractivity contribution >= 4 is 0 Å². The molecule has 138 valence electrons. The Hall–Kier alpha value is -1.64. The van der Waals surface area contributed by atoms with Crippen molar-refractivity contribution in [3.05, 3.63) is 71.3 Å². The highest BCUT2D eigenvalue weighted by Crippen LogP contribution is 2.35. The van der Waals surface area contributed by atoms with Crippen LogP contribution in [0.5, 0.6) is 0 Å². The molecule has 2 aliphatic rings. The lowest BCUT2D eigenvalue weighted by Crippen LogP contribution is -2.37. The van der Waals surface area contributed by atoms with Gasteiger partial charge in [0, 0.05) is 13.7 Å². The van der Waals surface area contributed by atoms with Gasteiger partial charge in [0.2, 0.25) is 0 Å². The topological polar surface area (TPSA) is 12.5 Å². The summed E-state index contributed by atoms with van der Waals surface area (Å²) < 4.78 is 5.87. The Morgan fingerprint density at radius 3 is 2.42 bits per heavy atom. The fourth-order valence-electron chi connectivity index (χ4n) is 4.91. The van der Waals surface area contributed by atoms with Crippen LogP contribution in [0.4, 0.5) is 0 Å². The average Bonchev–Trinajstić information content (AvgIpc) is 2.89. The van der Waals surface area contributed by atoms with Gasteiger partial charge in [-0.25, -0.2) is 0 Å². The molecular formula is C24H31NO. The lowest BCUT2D eigenvalue weighted by atomic mass is 9.88. The van der Waals surface area contributed by atoms with Crippen molar-refractivity contribution in [3.8, 4) is 0 Å². The Bertz CT molecular complexity index is 690. The predicted octanol–water partition coefficient (Wildman–Crippen LogP) is 5.21. The van der Waals surface area contributed by atoms with E-state index in [9.17, 15) is 0 Å². The van der Waals surface area contributed by atoms with Crippen LogP contribution >= 0.6 is 0 Å². The molecule has 0 spiro atoms. The first-order chi connectivity index (χ1) is 12.8. The van der Waals surface area contributed by atoms with Crippen molar-refractivity contribution in [2.75, 3.05) is 26.7 Å². The van der Waals surface area contributed by atoms with Crippen molar-refractivity contribution in [2.45, 2.75) is 44.1 Å². The van der Waals surface area contributed by atoms with E-state index in [2.05, 4.69) is 59.5 Å². The predicted molar refractivity (Wildman–Crippen MR) is 107 cm³/mol. The minimum atomic E-state index is 0.264. The molecule has 26 heavy (non-hydrogen) atoms. The fraction of sp³-hybridized carbons (Fsp3) is 0.500. The molecule has 1 aliphatic heterocycles. The van der Waals surface area contributed by atoms with Crippen LogP contribution in [0.2, 0.25) is 0 Å². The van der Waals surface area contributed by atoms with Crippen LogP contribution in [0.1, 0.15) is 54.4 Å². The quantitative estimate of drug-likeness (QED) is 0.703. The highest BCUT2D eigenvalue weighted by molar-refractivity contribution is 5.30. The Morgan fingerprint density at radius 1 is 0.923 bits per heavy atom. The minimum absolute atomic E-state index is 0.264. The van der Waals surface area contributed by atoms with Gasteiger partial charge < -0.3 is 9.64 Å². The highest BCUT2D eigenvalue weighted by atomic mass is 16.5. The molecule has 1 aliphatic carbocycles. The summed E-state index contributed by atoms with van der Waals surface area (Å²) in [7, 11) is 1.87. The molecule has 0 amide bonds. The second-order valence-electron chi connectivity index (χ2n) is 8.05. The van der Waals surface area contributed by atoms with Crippen LogP contribution in [0, 0.1) is 5.92 Å². The maximum atomic E-state index is 5.87. The van der Waals surface area contributed by atoms with Crippen molar-refractivity contribution in [1.29, 1.82) is 0 Å². The Labute approximate surface area is 158 Å². The number of nitrogens with zero attached hydrogens (tertiary/aromatic N) is 1. The van der Waals surface area contributed by atoms with E-state index in [1.807, 2.05) is 7.11 Å². The van der Waals surface area contributed by atoms with Gasteiger partial charge in [-0.15, -0.1) is 0 Å². The van der Waals surface area contributed by atoms with E-state index in [1.165, 1.54) is 62.0 Å². The molecule has 0 radical (unpaired) electrons. The molecule has 2 aromatic rings. The van der Waals surface area contributed by atoms with E-state index >= 15 is 0 Å². The zero-order valence-corrected chi connectivity index (χ0v) is 15.9. The standard InChI is InChI=1S/C24H31NO/c1-26-24-17-19(11-12-22-9-5-6-10-23(22)24)18-25-15-13-21(14-16-25)20-7-3-2-4-8-20/h2-10,19,21,24H,11-18H2,1H3/t19-,24+/m0/s1. The van der Waals surface area contributed by atoms with Gasteiger partial charge in [0.05, 0.1) is 6.10 Å². The molecule has 2 aromatic carbocycles. The van der Waals surface area contributed by atoms with Gasteiger partial charge >= 0.3 is 0 Å². The molecule has 0 N–H and O–H groups in total. The van der Waals surface area contributed by atoms with Gasteiger partial charge in [0.1, 0.15) is 0 Å². The smallest absolute Gasteiger partial charge is 0.0826 e. The number of aryl methyl sites for hydroxylation is 1. The van der Waals surface area contributed by atoms with Crippen molar-refractivity contribution < 1.29 is 4.74 Å². The van der Waals surface area contributed by atoms with Crippen molar-refractivity contribution in [2.24, 2.45) is 5.92 Å². The number of rotatable bonds is 4. The summed E-state index contributed by atoms with van der Waals surface area (Å²) in [5.74, 6) is 1.48. The number of benzene rings is 2. The van der Waals surface area contributed by atoms with Crippen LogP contribution in [0.3, 0.4) is 0 Å². The van der Waals surface area contributed by atoms with Crippen LogP contribution in [-0.4, -0.2) is 31.6 Å². The number of hydrogen-bond donors (Lipinski definition) is 0. The molecule has 0 saturated carbocycles. The van der Waals surface area contributed by atoms with Crippen LogP contribution < -0.4 is 0 Å². The zero-order chi connectivity index (χ0) is 17.8. The largest absolute Gasteiger partial charge is 0.377 e. The van der Waals surface area contributed by atoms with E-state index in [0.717, 1.165) is 18.3 Å². The minimum Gasteiger partial charge on any atom is -0.377 e. The van der Waals surface area contributed by atoms with Crippen LogP contribution in [0.15, 0.2) is 54.6 Å². The van der Waals surface area contributed by atoms with Crippen LogP contribution in [0.25, 0.3) is 0 Å². The van der Waals surface area contributed by atoms with Gasteiger partial charge in [0.15, 0.2) is 0 Å². The summed E-state index contributed by atoms with van der Waals surface area (Å²) in [4.78, 5) is 2.70. The highest BCUT2D eigenvalue weighted by Gasteiger charge is 2.27. The van der Waals surface area contributed by atoms with Gasteiger partial charge in [-0.1, -0.05) is 54.6 Å². The molecule has 0 bridgehead atoms. The van der Waals surface area contributed by atoms with Crippen molar-refractivity contribution in [1.82, 2.24) is 4.90 Å². The number of piperidine rings is 1. The third-order valence-corrected chi connectivity index (χ3v) is 6.43. The number of likely N-dealkylation sites (tertiary alicyclic amines) is 1. The first kappa shape index (κ1) is 17.8. The van der Waals surface area contributed by atoms with Crippen LogP contribution in [-0.2, 0) is 11.2 Å². The Kier molecular flexibility index (Phi) is 5.72. The lowest BCUT2D eigenvalue weighted by Gasteiger charge is -2.34. The molecule has 2 nitrogen and oxygen atoms in total. The molecule has 1 heterocycles. The normalized spacial score (nSPS) is 24.8. The summed E-state index contributed by atoms with van der Waals surface area (Å²) >= 11 is 0. The number of hydrogen-bond acceptors (Lipinski definition) is 2. The summed E-state index contributed by atoms with van der Waals surface area (Å²) in [6, 6.07) is 19.9. The first-order valence-electron chi connectivity index (χ1n) is 10.2. The Balaban J connectivity index is 1.34. The van der Waals surface area contributed by atoms with Gasteiger partial charge in [0.25, 0.3) is 0 Å². The maximum Gasteiger partial charge on any atom is 0.0826 e. The number of ether oxygens (including phenoxy) is 1. The summed E-state index contributed by atoms with van der Waals surface area (Å²) in [6.07, 6.45) is 6.50. The molecular weight excluding hydrogens is 318 g/mol. The van der Waals surface area contributed by atoms with Gasteiger partial charge in [-0.2, -0.15) is 0 Å². The van der Waals surface area contributed by atoms with E-state index in [1.54, 1.807) is 0 Å². The lowest BCUT2D eigenvalue weighted by molar-refractivity contribution is 0.0705. The van der Waals surface area contributed by atoms with Gasteiger partial charge in [-0.3, -0.25) is 0 Å². The van der Waals surface area contributed by atoms with E-state index in [0.29, 0.717) is 0 Å². The molecule has 0 aromatic heterocycles. The summed E-state index contributed by atoms with van der Waals surface area (Å²) in [6.45, 7) is 3.71. The molecule has 1 fully saturated rings. The average molecular weight is 350 g/mol. The monoisotopic (exact) mass is 349 g/mol. The Morgan fingerprint density at radius 2 is 1.65 bits per heavy atom. The molecule has 1 saturated heterocycles. The number of methoxy groups -OCH3 is 1. The maximum absolute atomic E-state index is 5.87. The molecule has 0 unspecified atom stereocenters. The summed E-state index contributed by atoms with van der Waals surface area (Å²) in [5, 5.41) is 0. The fourth-order valence-corrected chi connectivity index (χ4v) is 4.91. The zero-order valence-electron chi connectivity index (χ0n) is 15.9. The van der Waals surface area contributed by atoms with E-state index < -0.39 is 0 Å². The number of fused-ring (bicyclic) bond motifs is 1.